The highest BCUT2D eigenvalue weighted by Gasteiger charge is 2.42. The van der Waals surface area contributed by atoms with E-state index in [-0.39, 0.29) is 0 Å². The smallest absolute Gasteiger partial charge is 0.381 e. The van der Waals surface area contributed by atoms with Crippen molar-refractivity contribution in [3.63, 3.8) is 0 Å². The summed E-state index contributed by atoms with van der Waals surface area (Å²) in [6, 6.07) is 2.43. The molecule has 3 nitrogen and oxygen atoms in total. The lowest BCUT2D eigenvalue weighted by Crippen LogP contribution is -2.27. The maximum atomic E-state index is 13.2. The highest BCUT2D eigenvalue weighted by atomic mass is 79.9. The number of hydrogen-bond acceptors (Lipinski definition) is 3. The van der Waals surface area contributed by atoms with E-state index in [0.717, 1.165) is 19.4 Å². The number of pyridine rings is 1. The molecule has 0 amide bonds. The van der Waals surface area contributed by atoms with Gasteiger partial charge in [0.05, 0.1) is 12.7 Å². The highest BCUT2D eigenvalue weighted by molar-refractivity contribution is 9.10. The molecule has 0 atom stereocenters. The first kappa shape index (κ1) is 11.0. The van der Waals surface area contributed by atoms with Crippen molar-refractivity contribution in [1.29, 1.82) is 0 Å². The van der Waals surface area contributed by atoms with Gasteiger partial charge in [-0.3, -0.25) is 0 Å². The molecule has 0 unspecified atom stereocenters. The van der Waals surface area contributed by atoms with Crippen LogP contribution in [0.2, 0.25) is 0 Å². The van der Waals surface area contributed by atoms with Crippen molar-refractivity contribution in [2.75, 3.05) is 7.11 Å². The number of esters is 1. The number of halogens is 3. The maximum absolute atomic E-state index is 13.2. The minimum atomic E-state index is -3.65. The largest absolute Gasteiger partial charge is 0.464 e. The van der Waals surface area contributed by atoms with Gasteiger partial charge in [0.2, 0.25) is 0 Å². The molecule has 0 aliphatic carbocycles. The van der Waals surface area contributed by atoms with E-state index in [9.17, 15) is 13.6 Å². The van der Waals surface area contributed by atoms with Crippen molar-refractivity contribution < 1.29 is 18.3 Å². The summed E-state index contributed by atoms with van der Waals surface area (Å²) in [4.78, 5) is 14.3. The number of carbonyl (C=O) groups excluding carboxylic acids is 1. The van der Waals surface area contributed by atoms with Crippen LogP contribution in [-0.2, 0) is 15.5 Å². The van der Waals surface area contributed by atoms with Crippen LogP contribution in [0, 0.1) is 0 Å². The molecule has 0 aliphatic heterocycles. The summed E-state index contributed by atoms with van der Waals surface area (Å²) in [6.07, 6.45) is 0.918. The third-order valence-corrected chi connectivity index (χ3v) is 2.00. The van der Waals surface area contributed by atoms with Crippen molar-refractivity contribution in [3.05, 3.63) is 28.5 Å². The van der Waals surface area contributed by atoms with E-state index in [2.05, 4.69) is 25.7 Å². The van der Waals surface area contributed by atoms with Crippen LogP contribution in [0.5, 0.6) is 0 Å². The zero-order valence-corrected chi connectivity index (χ0v) is 8.72. The normalized spacial score (nSPS) is 11.1. The van der Waals surface area contributed by atoms with Crippen molar-refractivity contribution in [2.24, 2.45) is 0 Å². The Bertz CT molecular complexity index is 340. The fourth-order valence-electron chi connectivity index (χ4n) is 0.808. The Kier molecular flexibility index (Phi) is 3.15. The van der Waals surface area contributed by atoms with E-state index < -0.39 is 17.5 Å². The molecule has 0 bridgehead atoms. The maximum Gasteiger partial charge on any atom is 0.381 e. The van der Waals surface area contributed by atoms with Crippen molar-refractivity contribution >= 4 is 21.9 Å². The number of methoxy groups -OCH3 is 1. The average molecular weight is 266 g/mol. The fraction of sp³-hybridized carbons (Fsp3) is 0.250. The molecule has 6 heteroatoms. The monoisotopic (exact) mass is 265 g/mol. The molecule has 0 aliphatic rings. The van der Waals surface area contributed by atoms with Gasteiger partial charge in [-0.05, 0) is 28.1 Å². The minimum Gasteiger partial charge on any atom is -0.464 e. The zero-order chi connectivity index (χ0) is 10.8. The first-order chi connectivity index (χ1) is 6.48. The lowest BCUT2D eigenvalue weighted by atomic mass is 10.1. The summed E-state index contributed by atoms with van der Waals surface area (Å²) in [7, 11) is 0.905. The SMILES string of the molecule is COC(=O)C(F)(F)c1ccc(Br)nc1. The third-order valence-electron chi connectivity index (χ3n) is 1.53. The molecule has 76 valence electrons. The van der Waals surface area contributed by atoms with Crippen LogP contribution in [0.25, 0.3) is 0 Å². The molecule has 0 saturated carbocycles. The van der Waals surface area contributed by atoms with Gasteiger partial charge in [0.1, 0.15) is 4.60 Å². The van der Waals surface area contributed by atoms with E-state index in [0.29, 0.717) is 4.60 Å². The standard InChI is InChI=1S/C8H6BrF2NO2/c1-14-7(13)8(10,11)5-2-3-6(9)12-4-5/h2-4H,1H3. The Labute approximate surface area is 87.2 Å². The summed E-state index contributed by atoms with van der Waals surface area (Å²) in [5.74, 6) is -5.25. The van der Waals surface area contributed by atoms with Gasteiger partial charge >= 0.3 is 11.9 Å². The van der Waals surface area contributed by atoms with Crippen LogP contribution >= 0.6 is 15.9 Å². The molecule has 0 aromatic carbocycles. The number of carbonyl (C=O) groups is 1. The molecular formula is C8H6BrF2NO2. The molecule has 1 aromatic rings. The summed E-state index contributed by atoms with van der Waals surface area (Å²) in [6.45, 7) is 0. The van der Waals surface area contributed by atoms with E-state index in [4.69, 9.17) is 0 Å². The first-order valence-corrected chi connectivity index (χ1v) is 4.36. The number of alkyl halides is 2. The molecule has 1 heterocycles. The van der Waals surface area contributed by atoms with Crippen LogP contribution in [0.15, 0.2) is 22.9 Å². The second-order valence-electron chi connectivity index (χ2n) is 2.44. The Hall–Kier alpha value is -1.04. The molecule has 0 spiro atoms. The summed E-state index contributed by atoms with van der Waals surface area (Å²) < 4.78 is 30.7. The Balaban J connectivity index is 3.03. The van der Waals surface area contributed by atoms with E-state index >= 15 is 0 Å². The van der Waals surface area contributed by atoms with Crippen LogP contribution in [0.3, 0.4) is 0 Å². The van der Waals surface area contributed by atoms with Crippen LogP contribution in [-0.4, -0.2) is 18.1 Å². The number of hydrogen-bond donors (Lipinski definition) is 0. The minimum absolute atomic E-state index is 0.418. The second-order valence-corrected chi connectivity index (χ2v) is 3.25. The van der Waals surface area contributed by atoms with Gasteiger partial charge in [0, 0.05) is 6.20 Å². The molecular weight excluding hydrogens is 260 g/mol. The van der Waals surface area contributed by atoms with E-state index in [1.54, 1.807) is 0 Å². The molecule has 0 radical (unpaired) electrons. The lowest BCUT2D eigenvalue weighted by molar-refractivity contribution is -0.170. The van der Waals surface area contributed by atoms with Gasteiger partial charge in [-0.25, -0.2) is 9.78 Å². The summed E-state index contributed by atoms with van der Waals surface area (Å²) >= 11 is 2.99. The van der Waals surface area contributed by atoms with Crippen molar-refractivity contribution in [2.45, 2.75) is 5.92 Å². The Morgan fingerprint density at radius 2 is 2.21 bits per heavy atom. The molecule has 0 saturated heterocycles. The van der Waals surface area contributed by atoms with Gasteiger partial charge in [-0.1, -0.05) is 0 Å². The number of rotatable bonds is 2. The van der Waals surface area contributed by atoms with Gasteiger partial charge in [0.15, 0.2) is 0 Å². The average Bonchev–Trinajstić information content (AvgIpc) is 2.17. The molecule has 0 N–H and O–H groups in total. The van der Waals surface area contributed by atoms with E-state index in [1.165, 1.54) is 6.07 Å². The predicted octanol–water partition coefficient (Wildman–Crippen LogP) is 2.11. The third kappa shape index (κ3) is 2.06. The van der Waals surface area contributed by atoms with Gasteiger partial charge < -0.3 is 4.74 Å². The number of nitrogens with zero attached hydrogens (tertiary/aromatic N) is 1. The first-order valence-electron chi connectivity index (χ1n) is 3.56. The molecule has 14 heavy (non-hydrogen) atoms. The summed E-state index contributed by atoms with van der Waals surface area (Å²) in [5, 5.41) is 0. The number of aromatic nitrogens is 1. The highest BCUT2D eigenvalue weighted by Crippen LogP contribution is 2.29. The van der Waals surface area contributed by atoms with Gasteiger partial charge in [-0.2, -0.15) is 8.78 Å². The fourth-order valence-corrected chi connectivity index (χ4v) is 1.04. The predicted molar refractivity (Wildman–Crippen MR) is 47.8 cm³/mol. The van der Waals surface area contributed by atoms with E-state index in [1.807, 2.05) is 0 Å². The topological polar surface area (TPSA) is 39.2 Å². The Morgan fingerprint density at radius 3 is 2.64 bits per heavy atom. The van der Waals surface area contributed by atoms with Crippen LogP contribution in [0.1, 0.15) is 5.56 Å². The lowest BCUT2D eigenvalue weighted by Gasteiger charge is -2.12. The second kappa shape index (κ2) is 4.00. The Morgan fingerprint density at radius 1 is 1.57 bits per heavy atom. The van der Waals surface area contributed by atoms with Crippen molar-refractivity contribution in [1.82, 2.24) is 4.98 Å². The van der Waals surface area contributed by atoms with Gasteiger partial charge in [0.25, 0.3) is 0 Å². The van der Waals surface area contributed by atoms with Crippen molar-refractivity contribution in [3.8, 4) is 0 Å². The zero-order valence-electron chi connectivity index (χ0n) is 7.13. The summed E-state index contributed by atoms with van der Waals surface area (Å²) in [5.41, 5.74) is -0.493. The van der Waals surface area contributed by atoms with Crippen LogP contribution < -0.4 is 0 Å². The molecule has 0 fully saturated rings. The van der Waals surface area contributed by atoms with Crippen LogP contribution in [0.4, 0.5) is 8.78 Å². The molecule has 1 aromatic heterocycles. The number of ether oxygens (including phenoxy) is 1. The molecule has 1 rings (SSSR count). The van der Waals surface area contributed by atoms with Gasteiger partial charge in [-0.15, -0.1) is 0 Å². The quantitative estimate of drug-likeness (QED) is 0.608.